The summed E-state index contributed by atoms with van der Waals surface area (Å²) in [4.78, 5) is 43.1. The number of carbonyl (C=O) groups excluding carboxylic acids is 1. The molecule has 0 radical (unpaired) electrons. The zero-order chi connectivity index (χ0) is 30.3. The minimum Gasteiger partial charge on any atom is -1.00 e. The summed E-state index contributed by atoms with van der Waals surface area (Å²) in [5, 5.41) is 21.6. The van der Waals surface area contributed by atoms with E-state index in [1.807, 2.05) is 48.5 Å². The molecule has 2 aliphatic rings. The van der Waals surface area contributed by atoms with Crippen molar-refractivity contribution >= 4 is 29.5 Å². The number of benzene rings is 2. The van der Waals surface area contributed by atoms with Gasteiger partial charge in [0.05, 0.1) is 24.1 Å². The Balaban J connectivity index is 0.00000276. The van der Waals surface area contributed by atoms with Crippen molar-refractivity contribution in [1.82, 2.24) is 25.1 Å². The summed E-state index contributed by atoms with van der Waals surface area (Å²) in [5.74, 6) is 0.156. The van der Waals surface area contributed by atoms with Crippen LogP contribution in [0.1, 0.15) is 42.5 Å². The minimum atomic E-state index is -1.12. The second-order valence-electron chi connectivity index (χ2n) is 10.8. The van der Waals surface area contributed by atoms with Crippen molar-refractivity contribution in [3.05, 3.63) is 83.3 Å². The van der Waals surface area contributed by atoms with E-state index in [1.165, 1.54) is 12.4 Å². The number of amides is 1. The zero-order valence-corrected chi connectivity index (χ0v) is 25.2. The van der Waals surface area contributed by atoms with Crippen molar-refractivity contribution in [2.24, 2.45) is 10.9 Å². The van der Waals surface area contributed by atoms with E-state index in [1.54, 1.807) is 4.90 Å². The van der Waals surface area contributed by atoms with Crippen LogP contribution >= 0.6 is 0 Å². The Morgan fingerprint density at radius 3 is 2.61 bits per heavy atom. The Hall–Kier alpha value is -4.58. The summed E-state index contributed by atoms with van der Waals surface area (Å²) in [7, 11) is 0. The molecule has 3 heterocycles. The Labute approximate surface area is 270 Å². The Kier molecular flexibility index (Phi) is 10.8. The van der Waals surface area contributed by atoms with Crippen LogP contribution in [0.15, 0.2) is 65.9 Å². The molecular weight excluding hydrogens is 555 g/mol. The summed E-state index contributed by atoms with van der Waals surface area (Å²) >= 11 is 0. The fourth-order valence-electron chi connectivity index (χ4n) is 5.44. The molecule has 2 aliphatic heterocycles. The summed E-state index contributed by atoms with van der Waals surface area (Å²) in [6.07, 6.45) is 5.06. The maximum atomic E-state index is 12.8. The number of ether oxygens (including phenoxy) is 1. The van der Waals surface area contributed by atoms with E-state index in [9.17, 15) is 14.9 Å². The normalized spacial score (nSPS) is 16.5. The number of hydrogen-bond donors (Lipinski definition) is 2. The molecule has 12 nitrogen and oxygen atoms in total. The maximum absolute atomic E-state index is 12.8. The number of nitrogens with zero attached hydrogens (tertiary/aromatic N) is 7. The average Bonchev–Trinajstić information content (AvgIpc) is 3.03. The van der Waals surface area contributed by atoms with Gasteiger partial charge in [0.1, 0.15) is 12.4 Å². The van der Waals surface area contributed by atoms with E-state index in [2.05, 4.69) is 45.1 Å². The van der Waals surface area contributed by atoms with Crippen molar-refractivity contribution < 1.29 is 39.7 Å². The third kappa shape index (κ3) is 7.49. The molecule has 1 fully saturated rings. The Morgan fingerprint density at radius 2 is 1.93 bits per heavy atom. The number of hydrogen-bond acceptors (Lipinski definition) is 8. The number of carboxylic acid groups (broad SMARTS) is 1. The first-order valence-corrected chi connectivity index (χ1v) is 14.2. The molecule has 1 amide bonds. The van der Waals surface area contributed by atoms with Gasteiger partial charge in [-0.2, -0.15) is 5.26 Å². The molecule has 3 aromatic rings. The van der Waals surface area contributed by atoms with Crippen LogP contribution < -0.4 is 29.1 Å². The first-order valence-electron chi connectivity index (χ1n) is 14.2. The fraction of sp³-hybridized carbons (Fsp3) is 0.355. The van der Waals surface area contributed by atoms with Gasteiger partial charge in [-0.25, -0.2) is 24.5 Å². The van der Waals surface area contributed by atoms with Crippen LogP contribution in [0, 0.1) is 17.4 Å². The van der Waals surface area contributed by atoms with Gasteiger partial charge >= 0.3 is 30.9 Å². The van der Waals surface area contributed by atoms with Crippen LogP contribution in [0.3, 0.4) is 0 Å². The number of nitrogens with one attached hydrogen (secondary N) is 1. The molecule has 0 spiro atoms. The zero-order valence-electron chi connectivity index (χ0n) is 26.2. The number of carbonyl (C=O) groups is 2. The van der Waals surface area contributed by atoms with Crippen LogP contribution in [0.4, 0.5) is 16.3 Å². The fourth-order valence-corrected chi connectivity index (χ4v) is 5.44. The summed E-state index contributed by atoms with van der Waals surface area (Å²) in [5.41, 5.74) is 3.63. The molecule has 2 aromatic carbocycles. The molecule has 224 valence electrons. The summed E-state index contributed by atoms with van der Waals surface area (Å²) < 4.78 is 5.55. The third-order valence-corrected chi connectivity index (χ3v) is 7.74. The first-order chi connectivity index (χ1) is 20.8. The van der Waals surface area contributed by atoms with Crippen LogP contribution in [-0.2, 0) is 24.3 Å². The van der Waals surface area contributed by atoms with E-state index >= 15 is 0 Å². The van der Waals surface area contributed by atoms with E-state index in [4.69, 9.17) is 14.8 Å². The molecule has 13 heteroatoms. The van der Waals surface area contributed by atoms with Gasteiger partial charge in [-0.3, -0.25) is 5.32 Å². The smallest absolute Gasteiger partial charge is 1.00 e. The molecule has 1 unspecified atom stereocenters. The molecule has 5 rings (SSSR count). The van der Waals surface area contributed by atoms with Gasteiger partial charge in [-0.05, 0) is 35.1 Å². The number of rotatable bonds is 6. The third-order valence-electron chi connectivity index (χ3n) is 7.74. The van der Waals surface area contributed by atoms with Crippen LogP contribution in [0.25, 0.3) is 0 Å². The maximum Gasteiger partial charge on any atom is 1.00 e. The standard InChI is InChI=1S/C31H34N8O4.Li.H/c1-21(2)27-18-37(28-16-33-26(15-34-28)29(40)41)13-14-39(27)30(35-20-32)36-25-10-6-9-23-17-38(12-11-24(23)25)31(42)43-19-22-7-4-3-5-8-22;;/h3-10,15-16,21,27H,11-14,17-19H2,1-2H3,(H,35,36)(H,40,41);;/q;+1;-1. The number of aliphatic imine (C=N–C) groups is 1. The quantitative estimate of drug-likeness (QED) is 0.140. The number of carboxylic acids is 1. The molecular formula is C31H35LiN8O4. The van der Waals surface area contributed by atoms with Crippen LogP contribution in [0.2, 0.25) is 0 Å². The van der Waals surface area contributed by atoms with Gasteiger partial charge in [0.2, 0.25) is 5.96 Å². The molecule has 0 saturated carbocycles. The van der Waals surface area contributed by atoms with Gasteiger partial charge in [-0.1, -0.05) is 56.3 Å². The van der Waals surface area contributed by atoms with Crippen molar-refractivity contribution in [3.8, 4) is 6.19 Å². The molecule has 1 saturated heterocycles. The molecule has 0 bridgehead atoms. The van der Waals surface area contributed by atoms with E-state index < -0.39 is 5.97 Å². The average molecular weight is 591 g/mol. The van der Waals surface area contributed by atoms with Gasteiger partial charge in [0.25, 0.3) is 0 Å². The minimum absolute atomic E-state index is 0. The number of aromatic nitrogens is 2. The second kappa shape index (κ2) is 14.7. The summed E-state index contributed by atoms with van der Waals surface area (Å²) in [6, 6.07) is 15.4. The Morgan fingerprint density at radius 1 is 1.14 bits per heavy atom. The van der Waals surface area contributed by atoms with E-state index in [0.717, 1.165) is 22.4 Å². The van der Waals surface area contributed by atoms with Crippen molar-refractivity contribution in [2.75, 3.05) is 31.1 Å². The predicted molar refractivity (Wildman–Crippen MR) is 161 cm³/mol. The second-order valence-corrected chi connectivity index (χ2v) is 10.8. The molecule has 1 aromatic heterocycles. The van der Waals surface area contributed by atoms with Gasteiger partial charge in [-0.15, -0.1) is 0 Å². The predicted octanol–water partition coefficient (Wildman–Crippen LogP) is 0.891. The molecule has 1 atom stereocenters. The van der Waals surface area contributed by atoms with E-state index in [0.29, 0.717) is 50.9 Å². The SMILES string of the molecule is CC(C)C1CN(c2cnc(C(=O)O)cn2)CCN1C(=Nc1cccc2c1CCN(C(=O)OCc1ccccc1)C2)NC#N.[H-].[Li+]. The molecule has 44 heavy (non-hydrogen) atoms. The van der Waals surface area contributed by atoms with Gasteiger partial charge in [0.15, 0.2) is 11.9 Å². The number of aromatic carboxylic acids is 1. The number of nitriles is 1. The van der Waals surface area contributed by atoms with Crippen LogP contribution in [-0.4, -0.2) is 75.1 Å². The monoisotopic (exact) mass is 590 g/mol. The number of guanidine groups is 1. The van der Waals surface area contributed by atoms with Gasteiger partial charge < -0.3 is 26.0 Å². The van der Waals surface area contributed by atoms with Crippen molar-refractivity contribution in [2.45, 2.75) is 39.5 Å². The van der Waals surface area contributed by atoms with E-state index in [-0.39, 0.29) is 50.6 Å². The molecule has 0 aliphatic carbocycles. The van der Waals surface area contributed by atoms with Crippen molar-refractivity contribution in [3.63, 3.8) is 0 Å². The number of fused-ring (bicyclic) bond motifs is 1. The Bertz CT molecular complexity index is 1530. The number of anilines is 1. The van der Waals surface area contributed by atoms with Crippen molar-refractivity contribution in [1.29, 1.82) is 5.26 Å². The van der Waals surface area contributed by atoms with Gasteiger partial charge in [0, 0.05) is 32.7 Å². The topological polar surface area (TPSA) is 147 Å². The number of piperazine rings is 1. The van der Waals surface area contributed by atoms with Crippen LogP contribution in [0.5, 0.6) is 0 Å². The molecule has 2 N–H and O–H groups in total. The largest absolute Gasteiger partial charge is 1.00 e. The summed E-state index contributed by atoms with van der Waals surface area (Å²) in [6.45, 7) is 7.11. The first kappa shape index (κ1) is 32.3.